The van der Waals surface area contributed by atoms with E-state index in [0.717, 1.165) is 54.9 Å². The molecule has 2 aromatic rings. The number of hydrogen-bond acceptors (Lipinski definition) is 6. The average Bonchev–Trinajstić information content (AvgIpc) is 3.23. The Balaban J connectivity index is 0.00000320. The highest BCUT2D eigenvalue weighted by molar-refractivity contribution is 14.0. The van der Waals surface area contributed by atoms with Crippen molar-refractivity contribution in [2.45, 2.75) is 59.0 Å². The lowest BCUT2D eigenvalue weighted by atomic mass is 10.1. The maximum Gasteiger partial charge on any atom is 0.191 e. The van der Waals surface area contributed by atoms with Gasteiger partial charge in [0.05, 0.1) is 25.4 Å². The summed E-state index contributed by atoms with van der Waals surface area (Å²) in [6, 6.07) is 0.248. The molecular weight excluding hydrogens is 499 g/mol. The highest BCUT2D eigenvalue weighted by atomic mass is 127. The van der Waals surface area contributed by atoms with Gasteiger partial charge in [-0.05, 0) is 20.3 Å². The molecule has 3 rings (SSSR count). The number of guanidine groups is 1. The van der Waals surface area contributed by atoms with Crippen molar-refractivity contribution in [1.29, 1.82) is 0 Å². The number of aromatic nitrogens is 5. The first kappa shape index (κ1) is 24.5. The van der Waals surface area contributed by atoms with Crippen molar-refractivity contribution in [3.63, 3.8) is 0 Å². The van der Waals surface area contributed by atoms with Gasteiger partial charge in [0.15, 0.2) is 11.8 Å². The molecule has 0 aliphatic carbocycles. The van der Waals surface area contributed by atoms with Crippen LogP contribution >= 0.6 is 24.0 Å². The molecule has 3 heterocycles. The summed E-state index contributed by atoms with van der Waals surface area (Å²) in [6.07, 6.45) is 1.87. The fourth-order valence-electron chi connectivity index (χ4n) is 3.61. The predicted molar refractivity (Wildman–Crippen MR) is 125 cm³/mol. The van der Waals surface area contributed by atoms with E-state index in [9.17, 15) is 0 Å². The molecule has 2 N–H and O–H groups in total. The summed E-state index contributed by atoms with van der Waals surface area (Å²) >= 11 is 0. The van der Waals surface area contributed by atoms with Crippen LogP contribution in [0, 0.1) is 13.8 Å². The molecular formula is C19H33IN8O2. The van der Waals surface area contributed by atoms with E-state index in [1.807, 2.05) is 16.3 Å². The van der Waals surface area contributed by atoms with Crippen LogP contribution in [0.3, 0.4) is 0 Å². The van der Waals surface area contributed by atoms with Crippen molar-refractivity contribution >= 4 is 29.9 Å². The minimum Gasteiger partial charge on any atom is -0.383 e. The molecule has 0 fully saturated rings. The molecule has 11 heteroatoms. The summed E-state index contributed by atoms with van der Waals surface area (Å²) in [7, 11) is 5.15. The molecule has 1 unspecified atom stereocenters. The highest BCUT2D eigenvalue weighted by Gasteiger charge is 2.22. The van der Waals surface area contributed by atoms with Crippen molar-refractivity contribution in [2.24, 2.45) is 4.99 Å². The fourth-order valence-corrected chi connectivity index (χ4v) is 3.61. The van der Waals surface area contributed by atoms with Gasteiger partial charge in [-0.15, -0.1) is 24.0 Å². The fraction of sp³-hybridized carbons (Fsp3) is 0.684. The van der Waals surface area contributed by atoms with Crippen molar-refractivity contribution in [2.75, 3.05) is 27.9 Å². The smallest absolute Gasteiger partial charge is 0.191 e. The monoisotopic (exact) mass is 532 g/mol. The summed E-state index contributed by atoms with van der Waals surface area (Å²) in [6.45, 7) is 7.41. The number of aryl methyl sites for hydroxylation is 2. The summed E-state index contributed by atoms with van der Waals surface area (Å²) < 4.78 is 14.3. The lowest BCUT2D eigenvalue weighted by molar-refractivity contribution is 0.177. The van der Waals surface area contributed by atoms with Gasteiger partial charge in [-0.1, -0.05) is 0 Å². The van der Waals surface area contributed by atoms with E-state index in [0.29, 0.717) is 19.8 Å². The Kier molecular flexibility index (Phi) is 9.49. The molecule has 30 heavy (non-hydrogen) atoms. The summed E-state index contributed by atoms with van der Waals surface area (Å²) in [5.74, 6) is 2.54. The van der Waals surface area contributed by atoms with E-state index >= 15 is 0 Å². The minimum atomic E-state index is 0. The maximum atomic E-state index is 5.17. The van der Waals surface area contributed by atoms with E-state index in [1.54, 1.807) is 21.3 Å². The number of ether oxygens (including phenoxy) is 2. The molecule has 0 spiro atoms. The average molecular weight is 532 g/mol. The van der Waals surface area contributed by atoms with Gasteiger partial charge in [-0.2, -0.15) is 10.2 Å². The predicted octanol–water partition coefficient (Wildman–Crippen LogP) is 1.18. The summed E-state index contributed by atoms with van der Waals surface area (Å²) in [4.78, 5) is 8.91. The van der Waals surface area contributed by atoms with Gasteiger partial charge in [0, 0.05) is 51.5 Å². The zero-order valence-corrected chi connectivity index (χ0v) is 20.8. The van der Waals surface area contributed by atoms with Gasteiger partial charge in [0.25, 0.3) is 0 Å². The van der Waals surface area contributed by atoms with Gasteiger partial charge >= 0.3 is 0 Å². The number of methoxy groups -OCH3 is 2. The Labute approximate surface area is 194 Å². The second kappa shape index (κ2) is 11.6. The topological polar surface area (TPSA) is 103 Å². The first-order chi connectivity index (χ1) is 14.0. The van der Waals surface area contributed by atoms with E-state index in [1.165, 1.54) is 5.56 Å². The van der Waals surface area contributed by atoms with Crippen LogP contribution in [0.1, 0.15) is 35.0 Å². The molecule has 1 aliphatic heterocycles. The SMILES string of the molecule is CN=C(NCc1c(C)nn(CCOC)c1C)NC1CCc2nc(COC)nn2C1.I. The van der Waals surface area contributed by atoms with Crippen LogP contribution in [0.2, 0.25) is 0 Å². The Bertz CT molecular complexity index is 848. The number of halogens is 1. The number of fused-ring (bicyclic) bond motifs is 1. The number of nitrogens with one attached hydrogen (secondary N) is 2. The maximum absolute atomic E-state index is 5.17. The Morgan fingerprint density at radius 3 is 2.73 bits per heavy atom. The third kappa shape index (κ3) is 5.91. The Morgan fingerprint density at radius 1 is 1.23 bits per heavy atom. The summed E-state index contributed by atoms with van der Waals surface area (Å²) in [5, 5.41) is 16.1. The van der Waals surface area contributed by atoms with E-state index in [-0.39, 0.29) is 30.0 Å². The van der Waals surface area contributed by atoms with Gasteiger partial charge in [-0.3, -0.25) is 9.67 Å². The lowest BCUT2D eigenvalue weighted by Gasteiger charge is -2.25. The molecule has 0 aromatic carbocycles. The first-order valence-corrected chi connectivity index (χ1v) is 9.96. The third-order valence-corrected chi connectivity index (χ3v) is 5.21. The standard InChI is InChI=1S/C19H32N8O2.HI/c1-13-16(14(2)26(24-13)8-9-28-4)10-21-19(20-3)22-15-6-7-18-23-17(12-29-5)25-27(18)11-15;/h15H,6-12H2,1-5H3,(H2,20,21,22);1H. The van der Waals surface area contributed by atoms with Crippen LogP contribution in [0.5, 0.6) is 0 Å². The molecule has 10 nitrogen and oxygen atoms in total. The van der Waals surface area contributed by atoms with E-state index in [4.69, 9.17) is 9.47 Å². The van der Waals surface area contributed by atoms with Crippen LogP contribution in [0.25, 0.3) is 0 Å². The number of aliphatic imine (C=N–C) groups is 1. The minimum absolute atomic E-state index is 0. The third-order valence-electron chi connectivity index (χ3n) is 5.21. The lowest BCUT2D eigenvalue weighted by Crippen LogP contribution is -2.46. The largest absolute Gasteiger partial charge is 0.383 e. The van der Waals surface area contributed by atoms with Crippen LogP contribution < -0.4 is 10.6 Å². The van der Waals surface area contributed by atoms with Crippen molar-refractivity contribution < 1.29 is 9.47 Å². The van der Waals surface area contributed by atoms with Crippen LogP contribution in [-0.4, -0.2) is 64.4 Å². The molecule has 1 atom stereocenters. The van der Waals surface area contributed by atoms with Gasteiger partial charge in [0.1, 0.15) is 12.4 Å². The number of hydrogen-bond donors (Lipinski definition) is 2. The van der Waals surface area contributed by atoms with Crippen LogP contribution in [-0.2, 0) is 42.1 Å². The summed E-state index contributed by atoms with van der Waals surface area (Å²) in [5.41, 5.74) is 3.37. The van der Waals surface area contributed by atoms with Crippen molar-refractivity contribution in [3.8, 4) is 0 Å². The van der Waals surface area contributed by atoms with E-state index < -0.39 is 0 Å². The van der Waals surface area contributed by atoms with Gasteiger partial charge in [0.2, 0.25) is 0 Å². The Morgan fingerprint density at radius 2 is 2.03 bits per heavy atom. The van der Waals surface area contributed by atoms with E-state index in [2.05, 4.69) is 37.7 Å². The highest BCUT2D eigenvalue weighted by Crippen LogP contribution is 2.15. The molecule has 0 saturated carbocycles. The van der Waals surface area contributed by atoms with Crippen molar-refractivity contribution in [3.05, 3.63) is 28.6 Å². The molecule has 0 amide bonds. The second-order valence-corrected chi connectivity index (χ2v) is 7.23. The first-order valence-electron chi connectivity index (χ1n) is 9.96. The van der Waals surface area contributed by atoms with Crippen LogP contribution in [0.4, 0.5) is 0 Å². The van der Waals surface area contributed by atoms with Gasteiger partial charge < -0.3 is 20.1 Å². The Hall–Kier alpha value is -1.73. The normalized spacial score (nSPS) is 16.2. The molecule has 2 aromatic heterocycles. The molecule has 0 saturated heterocycles. The zero-order chi connectivity index (χ0) is 20.8. The molecule has 1 aliphatic rings. The molecule has 0 bridgehead atoms. The second-order valence-electron chi connectivity index (χ2n) is 7.23. The zero-order valence-electron chi connectivity index (χ0n) is 18.4. The molecule has 0 radical (unpaired) electrons. The number of rotatable bonds is 8. The quantitative estimate of drug-likeness (QED) is 0.299. The van der Waals surface area contributed by atoms with Crippen LogP contribution in [0.15, 0.2) is 4.99 Å². The van der Waals surface area contributed by atoms with Gasteiger partial charge in [-0.25, -0.2) is 9.67 Å². The van der Waals surface area contributed by atoms with Crippen molar-refractivity contribution in [1.82, 2.24) is 35.2 Å². The number of nitrogens with zero attached hydrogens (tertiary/aromatic N) is 6. The molecule has 168 valence electrons.